The number of β-lactam (4-membered cyclic amide) rings is 1. The molecule has 0 saturated carbocycles. The molecular weight excluding hydrogens is 296 g/mol. The van der Waals surface area contributed by atoms with Crippen molar-refractivity contribution in [3.05, 3.63) is 22.9 Å². The van der Waals surface area contributed by atoms with Gasteiger partial charge in [-0.3, -0.25) is 4.79 Å². The van der Waals surface area contributed by atoms with Gasteiger partial charge in [-0.1, -0.05) is 12.5 Å². The number of piperidine rings is 1. The lowest BCUT2D eigenvalue weighted by molar-refractivity contribution is -0.161. The maximum Gasteiger partial charge on any atom is 0.352 e. The van der Waals surface area contributed by atoms with Crippen molar-refractivity contribution in [3.63, 3.8) is 0 Å². The van der Waals surface area contributed by atoms with Gasteiger partial charge in [0.2, 0.25) is 5.91 Å². The molecule has 1 amide bonds. The monoisotopic (exact) mass is 320 g/mol. The lowest BCUT2D eigenvalue weighted by atomic mass is 9.82. The second-order valence-corrected chi connectivity index (χ2v) is 6.78. The molecule has 2 fully saturated rings. The van der Waals surface area contributed by atoms with Crippen LogP contribution in [0.25, 0.3) is 0 Å². The summed E-state index contributed by atoms with van der Waals surface area (Å²) in [4.78, 5) is 25.2. The minimum absolute atomic E-state index is 0.0986. The van der Waals surface area contributed by atoms with Gasteiger partial charge in [0.15, 0.2) is 0 Å². The smallest absolute Gasteiger partial charge is 0.352 e. The highest BCUT2D eigenvalue weighted by Gasteiger charge is 2.56. The molecule has 1 unspecified atom stereocenters. The number of carbonyl (C=O) groups is 2. The van der Waals surface area contributed by atoms with Crippen LogP contribution in [0.2, 0.25) is 0 Å². The second kappa shape index (κ2) is 6.09. The zero-order valence-corrected chi connectivity index (χ0v) is 13.6. The molecule has 0 radical (unpaired) electrons. The fourth-order valence-corrected chi connectivity index (χ4v) is 4.04. The molecule has 2 saturated heterocycles. The number of allylic oxidation sites excluding steroid dienone is 1. The van der Waals surface area contributed by atoms with Crippen LogP contribution in [0.4, 0.5) is 0 Å². The Morgan fingerprint density at radius 2 is 2.17 bits per heavy atom. The lowest BCUT2D eigenvalue weighted by Gasteiger charge is -2.44. The van der Waals surface area contributed by atoms with Crippen LogP contribution in [-0.2, 0) is 9.59 Å². The Hall–Kier alpha value is -1.66. The van der Waals surface area contributed by atoms with E-state index in [0.717, 1.165) is 24.1 Å². The zero-order chi connectivity index (χ0) is 16.7. The van der Waals surface area contributed by atoms with E-state index in [2.05, 4.69) is 11.4 Å². The first-order chi connectivity index (χ1) is 10.9. The normalized spacial score (nSPS) is 32.7. The molecule has 0 aromatic rings. The van der Waals surface area contributed by atoms with E-state index in [1.807, 2.05) is 6.92 Å². The number of rotatable bonds is 4. The number of aliphatic hydroxyl groups excluding tert-OH is 1. The van der Waals surface area contributed by atoms with Gasteiger partial charge < -0.3 is 20.4 Å². The van der Waals surface area contributed by atoms with Gasteiger partial charge >= 0.3 is 5.97 Å². The molecule has 6 nitrogen and oxygen atoms in total. The predicted octanol–water partition coefficient (Wildman–Crippen LogP) is 1.03. The summed E-state index contributed by atoms with van der Waals surface area (Å²) in [6, 6.07) is 0.0501. The fourth-order valence-electron chi connectivity index (χ4n) is 4.04. The summed E-state index contributed by atoms with van der Waals surface area (Å²) in [6.07, 6.45) is 5.25. The number of aliphatic hydroxyl groups is 1. The molecule has 126 valence electrons. The fraction of sp³-hybridized carbons (Fsp3) is 0.647. The second-order valence-electron chi connectivity index (χ2n) is 6.78. The summed E-state index contributed by atoms with van der Waals surface area (Å²) in [5.41, 5.74) is 1.75. The van der Waals surface area contributed by atoms with Crippen LogP contribution in [0.3, 0.4) is 0 Å². The Bertz CT molecular complexity index is 587. The minimum atomic E-state index is -1.07. The number of amides is 1. The number of hydrogen-bond donors (Lipinski definition) is 3. The SMILES string of the molecule is C/C(=C\C1CCCCN1)C1=C(C(=O)O)N2C(=O)[C@H]([C@@H](C)O)[C@H]2C1. The Balaban J connectivity index is 1.87. The van der Waals surface area contributed by atoms with Gasteiger partial charge in [-0.25, -0.2) is 4.79 Å². The first kappa shape index (κ1) is 16.2. The van der Waals surface area contributed by atoms with Crippen molar-refractivity contribution in [3.8, 4) is 0 Å². The van der Waals surface area contributed by atoms with Crippen LogP contribution >= 0.6 is 0 Å². The van der Waals surface area contributed by atoms with Gasteiger partial charge in [-0.15, -0.1) is 0 Å². The molecule has 0 spiro atoms. The number of carbonyl (C=O) groups excluding carboxylic acids is 1. The molecule has 3 rings (SSSR count). The van der Waals surface area contributed by atoms with Crippen molar-refractivity contribution < 1.29 is 19.8 Å². The third-order valence-electron chi connectivity index (χ3n) is 5.21. The number of nitrogens with zero attached hydrogens (tertiary/aromatic N) is 1. The van der Waals surface area contributed by atoms with Gasteiger partial charge in [0.25, 0.3) is 0 Å². The molecular formula is C17H24N2O4. The summed E-state index contributed by atoms with van der Waals surface area (Å²) >= 11 is 0. The molecule has 0 aromatic heterocycles. The van der Waals surface area contributed by atoms with Crippen molar-refractivity contribution in [2.75, 3.05) is 6.54 Å². The van der Waals surface area contributed by atoms with E-state index >= 15 is 0 Å². The Morgan fingerprint density at radius 3 is 2.74 bits per heavy atom. The molecule has 3 heterocycles. The number of carboxylic acid groups (broad SMARTS) is 1. The summed E-state index contributed by atoms with van der Waals surface area (Å²) < 4.78 is 0. The van der Waals surface area contributed by atoms with E-state index in [1.165, 1.54) is 17.7 Å². The number of carboxylic acids is 1. The number of nitrogens with one attached hydrogen (secondary N) is 1. The standard InChI is InChI=1S/C17H24N2O4/c1-9(7-11-5-3-4-6-18-11)12-8-13-14(10(2)20)16(21)19(13)15(12)17(22)23/h7,10-11,13-14,18,20H,3-6,8H2,1-2H3,(H,22,23)/b9-7+/t10-,11?,13-,14-/m1/s1. The Labute approximate surface area is 135 Å². The lowest BCUT2D eigenvalue weighted by Crippen LogP contribution is -2.61. The number of fused-ring (bicyclic) bond motifs is 1. The molecule has 3 N–H and O–H groups in total. The Morgan fingerprint density at radius 1 is 1.43 bits per heavy atom. The van der Waals surface area contributed by atoms with Gasteiger partial charge in [0.1, 0.15) is 5.70 Å². The van der Waals surface area contributed by atoms with Crippen LogP contribution in [0, 0.1) is 5.92 Å². The summed E-state index contributed by atoms with van der Waals surface area (Å²) in [5, 5.41) is 22.7. The highest BCUT2D eigenvalue weighted by atomic mass is 16.4. The highest BCUT2D eigenvalue weighted by molar-refractivity contribution is 6.00. The van der Waals surface area contributed by atoms with Crippen LogP contribution in [0.1, 0.15) is 39.5 Å². The third kappa shape index (κ3) is 2.70. The molecule has 0 aromatic carbocycles. The van der Waals surface area contributed by atoms with Crippen LogP contribution < -0.4 is 5.32 Å². The topological polar surface area (TPSA) is 89.9 Å². The molecule has 23 heavy (non-hydrogen) atoms. The van der Waals surface area contributed by atoms with E-state index < -0.39 is 18.0 Å². The highest BCUT2D eigenvalue weighted by Crippen LogP contribution is 2.45. The first-order valence-electron chi connectivity index (χ1n) is 8.31. The van der Waals surface area contributed by atoms with Gasteiger partial charge in [0.05, 0.1) is 18.1 Å². The summed E-state index contributed by atoms with van der Waals surface area (Å²) in [7, 11) is 0. The van der Waals surface area contributed by atoms with Gasteiger partial charge in [-0.2, -0.15) is 0 Å². The Kier molecular flexibility index (Phi) is 4.29. The van der Waals surface area contributed by atoms with Crippen molar-refractivity contribution in [1.29, 1.82) is 0 Å². The van der Waals surface area contributed by atoms with Crippen LogP contribution in [0.5, 0.6) is 0 Å². The van der Waals surface area contributed by atoms with Crippen molar-refractivity contribution in [2.24, 2.45) is 5.92 Å². The minimum Gasteiger partial charge on any atom is -0.477 e. The maximum absolute atomic E-state index is 12.2. The van der Waals surface area contributed by atoms with E-state index in [1.54, 1.807) is 6.92 Å². The molecule has 3 aliphatic heterocycles. The molecule has 0 aliphatic carbocycles. The van der Waals surface area contributed by atoms with E-state index in [4.69, 9.17) is 0 Å². The van der Waals surface area contributed by atoms with E-state index in [0.29, 0.717) is 6.42 Å². The molecule has 6 heteroatoms. The van der Waals surface area contributed by atoms with E-state index in [9.17, 15) is 19.8 Å². The largest absolute Gasteiger partial charge is 0.477 e. The van der Waals surface area contributed by atoms with E-state index in [-0.39, 0.29) is 23.7 Å². The van der Waals surface area contributed by atoms with Crippen molar-refractivity contribution >= 4 is 11.9 Å². The third-order valence-corrected chi connectivity index (χ3v) is 5.21. The molecule has 4 atom stereocenters. The number of aliphatic carboxylic acids is 1. The average molecular weight is 320 g/mol. The first-order valence-corrected chi connectivity index (χ1v) is 8.31. The predicted molar refractivity (Wildman–Crippen MR) is 84.5 cm³/mol. The van der Waals surface area contributed by atoms with Crippen LogP contribution in [0.15, 0.2) is 22.9 Å². The molecule has 0 bridgehead atoms. The zero-order valence-electron chi connectivity index (χ0n) is 13.6. The molecule has 3 aliphatic rings. The van der Waals surface area contributed by atoms with Gasteiger partial charge in [-0.05, 0) is 50.8 Å². The maximum atomic E-state index is 12.2. The number of hydrogen-bond acceptors (Lipinski definition) is 4. The van der Waals surface area contributed by atoms with Crippen molar-refractivity contribution in [2.45, 2.75) is 57.7 Å². The van der Waals surface area contributed by atoms with Crippen LogP contribution in [-0.4, -0.2) is 51.7 Å². The summed E-state index contributed by atoms with van der Waals surface area (Å²) in [5.74, 6) is -1.83. The summed E-state index contributed by atoms with van der Waals surface area (Å²) in [6.45, 7) is 4.49. The van der Waals surface area contributed by atoms with Gasteiger partial charge in [0, 0.05) is 6.04 Å². The average Bonchev–Trinajstić information content (AvgIpc) is 2.83. The van der Waals surface area contributed by atoms with Crippen molar-refractivity contribution in [1.82, 2.24) is 10.2 Å². The quantitative estimate of drug-likeness (QED) is 0.673.